The van der Waals surface area contributed by atoms with E-state index in [1.807, 2.05) is 6.92 Å². The predicted octanol–water partition coefficient (Wildman–Crippen LogP) is 1.27. The highest BCUT2D eigenvalue weighted by molar-refractivity contribution is 5.78. The van der Waals surface area contributed by atoms with Gasteiger partial charge in [0.2, 0.25) is 0 Å². The van der Waals surface area contributed by atoms with Gasteiger partial charge >= 0.3 is 0 Å². The average Bonchev–Trinajstić information content (AvgIpc) is 2.29. The van der Waals surface area contributed by atoms with Crippen molar-refractivity contribution in [3.8, 4) is 0 Å². The molecule has 4 N–H and O–H groups in total. The second-order valence-electron chi connectivity index (χ2n) is 4.38. The molecule has 0 unspecified atom stereocenters. The van der Waals surface area contributed by atoms with Crippen LogP contribution in [0.3, 0.4) is 0 Å². The zero-order chi connectivity index (χ0) is 12.6. The smallest absolute Gasteiger partial charge is 0.188 e. The molecule has 0 aliphatic heterocycles. The molecule has 0 spiro atoms. The highest BCUT2D eigenvalue weighted by atomic mass is 16.3. The first-order valence-electron chi connectivity index (χ1n) is 5.78. The van der Waals surface area contributed by atoms with Gasteiger partial charge in [-0.05, 0) is 19.8 Å². The van der Waals surface area contributed by atoms with Crippen LogP contribution < -0.4 is 11.1 Å². The Morgan fingerprint density at radius 2 is 2.00 bits per heavy atom. The normalized spacial score (nSPS) is 12.6. The van der Waals surface area contributed by atoms with Crippen LogP contribution in [0.2, 0.25) is 0 Å². The molecule has 0 aromatic heterocycles. The van der Waals surface area contributed by atoms with Crippen molar-refractivity contribution in [2.45, 2.75) is 33.6 Å². The van der Waals surface area contributed by atoms with Gasteiger partial charge in [0.05, 0.1) is 13.2 Å². The molecule has 0 heterocycles. The van der Waals surface area contributed by atoms with Crippen molar-refractivity contribution in [1.29, 1.82) is 0 Å². The highest BCUT2D eigenvalue weighted by Gasteiger charge is 2.24. The summed E-state index contributed by atoms with van der Waals surface area (Å²) in [6.07, 6.45) is 1.80. The topological polar surface area (TPSA) is 70.6 Å². The molecule has 16 heavy (non-hydrogen) atoms. The lowest BCUT2D eigenvalue weighted by Crippen LogP contribution is -2.35. The molecule has 0 fully saturated rings. The Kier molecular flexibility index (Phi) is 6.81. The molecule has 0 amide bonds. The van der Waals surface area contributed by atoms with E-state index in [2.05, 4.69) is 30.7 Å². The van der Waals surface area contributed by atoms with Gasteiger partial charge in [-0.3, -0.25) is 4.99 Å². The second kappa shape index (κ2) is 7.28. The first kappa shape index (κ1) is 15.0. The van der Waals surface area contributed by atoms with Crippen molar-refractivity contribution in [2.75, 3.05) is 19.7 Å². The number of aliphatic hydroxyl groups is 1. The summed E-state index contributed by atoms with van der Waals surface area (Å²) in [5, 5.41) is 12.3. The van der Waals surface area contributed by atoms with Crippen LogP contribution in [0.1, 0.15) is 33.6 Å². The van der Waals surface area contributed by atoms with Gasteiger partial charge in [-0.1, -0.05) is 26.0 Å². The number of guanidine groups is 1. The van der Waals surface area contributed by atoms with Crippen molar-refractivity contribution in [1.82, 2.24) is 5.32 Å². The SMILES string of the molecule is C=C(C)CNC(N)=NCC(CC)(CC)CO. The maximum absolute atomic E-state index is 9.36. The van der Waals surface area contributed by atoms with Crippen LogP contribution >= 0.6 is 0 Å². The van der Waals surface area contributed by atoms with E-state index in [9.17, 15) is 5.11 Å². The molecule has 4 heteroatoms. The number of nitrogens with zero attached hydrogens (tertiary/aromatic N) is 1. The number of hydrogen-bond acceptors (Lipinski definition) is 2. The van der Waals surface area contributed by atoms with Crippen LogP contribution in [0.5, 0.6) is 0 Å². The molecule has 0 aromatic carbocycles. The molecule has 0 aliphatic rings. The number of hydrogen-bond donors (Lipinski definition) is 3. The predicted molar refractivity (Wildman–Crippen MR) is 69.4 cm³/mol. The molecule has 0 aliphatic carbocycles. The second-order valence-corrected chi connectivity index (χ2v) is 4.38. The molecule has 0 atom stereocenters. The van der Waals surface area contributed by atoms with E-state index in [4.69, 9.17) is 5.73 Å². The lowest BCUT2D eigenvalue weighted by Gasteiger charge is -2.27. The fraction of sp³-hybridized carbons (Fsp3) is 0.750. The minimum atomic E-state index is -0.129. The van der Waals surface area contributed by atoms with E-state index >= 15 is 0 Å². The molecule has 0 saturated heterocycles. The Morgan fingerprint density at radius 1 is 1.44 bits per heavy atom. The van der Waals surface area contributed by atoms with Gasteiger partial charge in [-0.25, -0.2) is 0 Å². The summed E-state index contributed by atoms with van der Waals surface area (Å²) in [6.45, 7) is 11.2. The van der Waals surface area contributed by atoms with E-state index in [1.165, 1.54) is 0 Å². The summed E-state index contributed by atoms with van der Waals surface area (Å²) >= 11 is 0. The Hall–Kier alpha value is -1.03. The average molecular weight is 227 g/mol. The zero-order valence-electron chi connectivity index (χ0n) is 10.7. The molecule has 0 radical (unpaired) electrons. The van der Waals surface area contributed by atoms with E-state index in [-0.39, 0.29) is 12.0 Å². The Bertz CT molecular complexity index is 236. The lowest BCUT2D eigenvalue weighted by atomic mass is 9.83. The molecular weight excluding hydrogens is 202 g/mol. The quantitative estimate of drug-likeness (QED) is 0.348. The summed E-state index contributed by atoms with van der Waals surface area (Å²) < 4.78 is 0. The summed E-state index contributed by atoms with van der Waals surface area (Å²) in [7, 11) is 0. The van der Waals surface area contributed by atoms with E-state index < -0.39 is 0 Å². The third kappa shape index (κ3) is 5.16. The van der Waals surface area contributed by atoms with Crippen molar-refractivity contribution >= 4 is 5.96 Å². The van der Waals surface area contributed by atoms with Crippen LogP contribution in [0.4, 0.5) is 0 Å². The largest absolute Gasteiger partial charge is 0.396 e. The lowest BCUT2D eigenvalue weighted by molar-refractivity contribution is 0.123. The summed E-state index contributed by atoms with van der Waals surface area (Å²) in [5.41, 5.74) is 6.59. The summed E-state index contributed by atoms with van der Waals surface area (Å²) in [5.74, 6) is 0.419. The first-order valence-corrected chi connectivity index (χ1v) is 5.78. The van der Waals surface area contributed by atoms with Gasteiger partial charge in [0.1, 0.15) is 0 Å². The molecule has 0 rings (SSSR count). The fourth-order valence-electron chi connectivity index (χ4n) is 1.30. The minimum Gasteiger partial charge on any atom is -0.396 e. The van der Waals surface area contributed by atoms with Crippen molar-refractivity contribution in [2.24, 2.45) is 16.1 Å². The number of aliphatic hydroxyl groups excluding tert-OH is 1. The third-order valence-electron chi connectivity index (χ3n) is 2.99. The molecule has 0 bridgehead atoms. The Labute approximate surface area is 98.6 Å². The number of aliphatic imine (C=N–C) groups is 1. The molecule has 94 valence electrons. The summed E-state index contributed by atoms with van der Waals surface area (Å²) in [6, 6.07) is 0. The third-order valence-corrected chi connectivity index (χ3v) is 2.99. The van der Waals surface area contributed by atoms with Gasteiger partial charge in [0.15, 0.2) is 5.96 Å². The monoisotopic (exact) mass is 227 g/mol. The number of rotatable bonds is 7. The van der Waals surface area contributed by atoms with E-state index in [0.717, 1.165) is 18.4 Å². The van der Waals surface area contributed by atoms with Crippen LogP contribution in [0.25, 0.3) is 0 Å². The van der Waals surface area contributed by atoms with Gasteiger partial charge in [0.25, 0.3) is 0 Å². The Balaban J connectivity index is 4.26. The van der Waals surface area contributed by atoms with Gasteiger partial charge in [-0.15, -0.1) is 0 Å². The summed E-state index contributed by atoms with van der Waals surface area (Å²) in [4.78, 5) is 4.26. The molecule has 0 saturated carbocycles. The maximum atomic E-state index is 9.36. The van der Waals surface area contributed by atoms with Crippen molar-refractivity contribution in [3.05, 3.63) is 12.2 Å². The van der Waals surface area contributed by atoms with Gasteiger partial charge < -0.3 is 16.2 Å². The molecule has 0 aromatic rings. The molecular formula is C12H25N3O. The van der Waals surface area contributed by atoms with Crippen LogP contribution in [0.15, 0.2) is 17.1 Å². The standard InChI is InChI=1S/C12H25N3O/c1-5-12(6-2,9-16)8-15-11(13)14-7-10(3)4/h16H,3,5-9H2,1-2,4H3,(H3,13,14,15). The van der Waals surface area contributed by atoms with Crippen LogP contribution in [-0.4, -0.2) is 30.8 Å². The van der Waals surface area contributed by atoms with Crippen molar-refractivity contribution in [3.63, 3.8) is 0 Å². The Morgan fingerprint density at radius 3 is 2.38 bits per heavy atom. The number of nitrogens with two attached hydrogens (primary N) is 1. The van der Waals surface area contributed by atoms with E-state index in [0.29, 0.717) is 19.0 Å². The van der Waals surface area contributed by atoms with E-state index in [1.54, 1.807) is 0 Å². The number of nitrogens with one attached hydrogen (secondary N) is 1. The van der Waals surface area contributed by atoms with Crippen molar-refractivity contribution < 1.29 is 5.11 Å². The van der Waals surface area contributed by atoms with Crippen LogP contribution in [0, 0.1) is 5.41 Å². The molecule has 4 nitrogen and oxygen atoms in total. The zero-order valence-corrected chi connectivity index (χ0v) is 10.7. The first-order chi connectivity index (χ1) is 7.49. The maximum Gasteiger partial charge on any atom is 0.188 e. The highest BCUT2D eigenvalue weighted by Crippen LogP contribution is 2.25. The van der Waals surface area contributed by atoms with Crippen LogP contribution in [-0.2, 0) is 0 Å². The fourth-order valence-corrected chi connectivity index (χ4v) is 1.30. The minimum absolute atomic E-state index is 0.129. The van der Waals surface area contributed by atoms with Gasteiger partial charge in [-0.2, -0.15) is 0 Å². The van der Waals surface area contributed by atoms with Gasteiger partial charge in [0, 0.05) is 12.0 Å².